The van der Waals surface area contributed by atoms with Crippen molar-refractivity contribution >= 4 is 11.3 Å². The number of rotatable bonds is 5. The Kier molecular flexibility index (Phi) is 4.59. The van der Waals surface area contributed by atoms with Gasteiger partial charge in [-0.25, -0.2) is 4.98 Å². The molecule has 0 bridgehead atoms. The highest BCUT2D eigenvalue weighted by Crippen LogP contribution is 2.37. The summed E-state index contributed by atoms with van der Waals surface area (Å²) in [7, 11) is 3.24. The molecule has 0 fully saturated rings. The second-order valence-corrected chi connectivity index (χ2v) is 5.22. The molecule has 1 heterocycles. The Morgan fingerprint density at radius 1 is 1.30 bits per heavy atom. The van der Waals surface area contributed by atoms with Gasteiger partial charge in [-0.2, -0.15) is 5.26 Å². The fraction of sp³-hybridized carbons (Fsp3) is 0.333. The predicted octanol–water partition coefficient (Wildman–Crippen LogP) is 3.65. The van der Waals surface area contributed by atoms with Crippen LogP contribution in [0, 0.1) is 11.3 Å². The molecule has 4 nitrogen and oxygen atoms in total. The van der Waals surface area contributed by atoms with Crippen molar-refractivity contribution in [3.8, 4) is 28.1 Å². The maximum Gasteiger partial charge on any atom is 0.129 e. The molecule has 0 radical (unpaired) electrons. The molecule has 0 N–H and O–H groups in total. The summed E-state index contributed by atoms with van der Waals surface area (Å²) in [6.07, 6.45) is 1.78. The molecule has 0 saturated heterocycles. The Labute approximate surface area is 122 Å². The van der Waals surface area contributed by atoms with Crippen LogP contribution >= 0.6 is 11.3 Å². The average molecular weight is 288 g/mol. The zero-order valence-electron chi connectivity index (χ0n) is 11.8. The number of aromatic nitrogens is 1. The first-order chi connectivity index (χ1) is 9.73. The number of ether oxygens (including phenoxy) is 2. The summed E-state index contributed by atoms with van der Waals surface area (Å²) in [5.41, 5.74) is 1.72. The van der Waals surface area contributed by atoms with Gasteiger partial charge in [0, 0.05) is 0 Å². The molecule has 0 atom stereocenters. The van der Waals surface area contributed by atoms with Crippen molar-refractivity contribution in [2.45, 2.75) is 19.8 Å². The quantitative estimate of drug-likeness (QED) is 0.842. The topological polar surface area (TPSA) is 55.1 Å². The van der Waals surface area contributed by atoms with E-state index < -0.39 is 0 Å². The van der Waals surface area contributed by atoms with Crippen LogP contribution in [-0.2, 0) is 6.42 Å². The van der Waals surface area contributed by atoms with Crippen LogP contribution in [0.4, 0.5) is 0 Å². The van der Waals surface area contributed by atoms with Crippen molar-refractivity contribution in [1.29, 1.82) is 5.26 Å². The number of hydrogen-bond donors (Lipinski definition) is 0. The normalized spacial score (nSPS) is 10.1. The van der Waals surface area contributed by atoms with Gasteiger partial charge in [0.15, 0.2) is 0 Å². The Hall–Kier alpha value is -2.06. The molecule has 2 aromatic rings. The van der Waals surface area contributed by atoms with Crippen molar-refractivity contribution < 1.29 is 9.47 Å². The number of methoxy groups -OCH3 is 2. The molecule has 104 valence electrons. The van der Waals surface area contributed by atoms with E-state index >= 15 is 0 Å². The standard InChI is InChI=1S/C15H16N2O2S/c1-4-5-12-14(9-16)20-15(17-12)11-8-10(18-2)6-7-13(11)19-3/h6-8H,4-5H2,1-3H3. The van der Waals surface area contributed by atoms with Gasteiger partial charge in [0.2, 0.25) is 0 Å². The molecular formula is C15H16N2O2S. The summed E-state index contributed by atoms with van der Waals surface area (Å²) >= 11 is 1.39. The lowest BCUT2D eigenvalue weighted by molar-refractivity contribution is 0.404. The zero-order valence-corrected chi connectivity index (χ0v) is 12.6. The second-order valence-electron chi connectivity index (χ2n) is 4.22. The third-order valence-electron chi connectivity index (χ3n) is 2.92. The smallest absolute Gasteiger partial charge is 0.129 e. The molecule has 2 rings (SSSR count). The van der Waals surface area contributed by atoms with Gasteiger partial charge < -0.3 is 9.47 Å². The number of thiazole rings is 1. The minimum absolute atomic E-state index is 0.673. The van der Waals surface area contributed by atoms with Crippen LogP contribution < -0.4 is 9.47 Å². The zero-order chi connectivity index (χ0) is 14.5. The summed E-state index contributed by atoms with van der Waals surface area (Å²) in [4.78, 5) is 5.26. The highest BCUT2D eigenvalue weighted by atomic mass is 32.1. The van der Waals surface area contributed by atoms with Gasteiger partial charge in [-0.1, -0.05) is 13.3 Å². The van der Waals surface area contributed by atoms with Crippen LogP contribution in [0.1, 0.15) is 23.9 Å². The van der Waals surface area contributed by atoms with Crippen LogP contribution in [0.15, 0.2) is 18.2 Å². The Morgan fingerprint density at radius 3 is 2.70 bits per heavy atom. The minimum Gasteiger partial charge on any atom is -0.497 e. The minimum atomic E-state index is 0.673. The van der Waals surface area contributed by atoms with Gasteiger partial charge in [-0.3, -0.25) is 0 Å². The van der Waals surface area contributed by atoms with Gasteiger partial charge in [0.1, 0.15) is 27.5 Å². The number of benzene rings is 1. The van der Waals surface area contributed by atoms with Gasteiger partial charge in [0.05, 0.1) is 25.5 Å². The summed E-state index contributed by atoms with van der Waals surface area (Å²) in [5.74, 6) is 1.47. The first-order valence-electron chi connectivity index (χ1n) is 6.35. The maximum atomic E-state index is 9.20. The van der Waals surface area contributed by atoms with Crippen LogP contribution in [-0.4, -0.2) is 19.2 Å². The molecule has 0 aliphatic carbocycles. The first-order valence-corrected chi connectivity index (χ1v) is 7.17. The fourth-order valence-corrected chi connectivity index (χ4v) is 2.87. The second kappa shape index (κ2) is 6.40. The molecule has 1 aromatic heterocycles. The lowest BCUT2D eigenvalue weighted by Gasteiger charge is -2.08. The molecule has 0 unspecified atom stereocenters. The Morgan fingerprint density at radius 2 is 2.10 bits per heavy atom. The lowest BCUT2D eigenvalue weighted by Crippen LogP contribution is -1.91. The van der Waals surface area contributed by atoms with Crippen molar-refractivity contribution in [3.05, 3.63) is 28.8 Å². The molecule has 0 amide bonds. The molecular weight excluding hydrogens is 272 g/mol. The van der Waals surface area contributed by atoms with Crippen LogP contribution in [0.5, 0.6) is 11.5 Å². The predicted molar refractivity (Wildman–Crippen MR) is 79.4 cm³/mol. The molecule has 5 heteroatoms. The molecule has 20 heavy (non-hydrogen) atoms. The summed E-state index contributed by atoms with van der Waals surface area (Å²) in [6, 6.07) is 7.79. The van der Waals surface area contributed by atoms with Gasteiger partial charge in [0.25, 0.3) is 0 Å². The molecule has 0 aliphatic heterocycles. The highest BCUT2D eigenvalue weighted by molar-refractivity contribution is 7.15. The van der Waals surface area contributed by atoms with E-state index in [1.807, 2.05) is 18.2 Å². The van der Waals surface area contributed by atoms with E-state index in [0.29, 0.717) is 4.88 Å². The average Bonchev–Trinajstić information content (AvgIpc) is 2.90. The molecule has 1 aromatic carbocycles. The van der Waals surface area contributed by atoms with Gasteiger partial charge >= 0.3 is 0 Å². The van der Waals surface area contributed by atoms with E-state index in [0.717, 1.165) is 40.6 Å². The van der Waals surface area contributed by atoms with Crippen molar-refractivity contribution in [1.82, 2.24) is 4.98 Å². The van der Waals surface area contributed by atoms with E-state index in [4.69, 9.17) is 9.47 Å². The van der Waals surface area contributed by atoms with E-state index in [9.17, 15) is 5.26 Å². The SMILES string of the molecule is CCCc1nc(-c2cc(OC)ccc2OC)sc1C#N. The van der Waals surface area contributed by atoms with E-state index in [1.165, 1.54) is 11.3 Å². The summed E-state index contributed by atoms with van der Waals surface area (Å²) < 4.78 is 10.6. The van der Waals surface area contributed by atoms with Gasteiger partial charge in [-0.05, 0) is 24.6 Å². The Bertz CT molecular complexity index is 644. The third kappa shape index (κ3) is 2.75. The van der Waals surface area contributed by atoms with E-state index in [1.54, 1.807) is 14.2 Å². The third-order valence-corrected chi connectivity index (χ3v) is 3.96. The molecule has 0 aliphatic rings. The number of aryl methyl sites for hydroxylation is 1. The number of nitrogens with zero attached hydrogens (tertiary/aromatic N) is 2. The van der Waals surface area contributed by atoms with E-state index in [-0.39, 0.29) is 0 Å². The molecule has 0 spiro atoms. The highest BCUT2D eigenvalue weighted by Gasteiger charge is 2.15. The van der Waals surface area contributed by atoms with Crippen LogP contribution in [0.3, 0.4) is 0 Å². The van der Waals surface area contributed by atoms with Crippen molar-refractivity contribution in [2.24, 2.45) is 0 Å². The summed E-state index contributed by atoms with van der Waals surface area (Å²) in [6.45, 7) is 2.08. The monoisotopic (exact) mass is 288 g/mol. The van der Waals surface area contributed by atoms with Crippen molar-refractivity contribution in [3.63, 3.8) is 0 Å². The lowest BCUT2D eigenvalue weighted by atomic mass is 10.2. The largest absolute Gasteiger partial charge is 0.497 e. The van der Waals surface area contributed by atoms with Crippen LogP contribution in [0.25, 0.3) is 10.6 Å². The van der Waals surface area contributed by atoms with Crippen molar-refractivity contribution in [2.75, 3.05) is 14.2 Å². The number of nitriles is 1. The van der Waals surface area contributed by atoms with Gasteiger partial charge in [-0.15, -0.1) is 11.3 Å². The summed E-state index contributed by atoms with van der Waals surface area (Å²) in [5, 5.41) is 9.99. The first kappa shape index (κ1) is 14.4. The maximum absolute atomic E-state index is 9.20. The Balaban J connectivity index is 2.53. The van der Waals surface area contributed by atoms with E-state index in [2.05, 4.69) is 18.0 Å². The molecule has 0 saturated carbocycles. The number of hydrogen-bond acceptors (Lipinski definition) is 5. The fourth-order valence-electron chi connectivity index (χ4n) is 1.94. The van der Waals surface area contributed by atoms with Crippen LogP contribution in [0.2, 0.25) is 0 Å².